The van der Waals surface area contributed by atoms with Crippen LogP contribution in [0.15, 0.2) is 36.5 Å². The molecule has 2 fully saturated rings. The highest BCUT2D eigenvalue weighted by Crippen LogP contribution is 2.31. The second-order valence-electron chi connectivity index (χ2n) is 7.09. The van der Waals surface area contributed by atoms with Crippen LogP contribution in [0.1, 0.15) is 44.9 Å². The Balaban J connectivity index is 1.48. The average molecular weight is 336 g/mol. The molecule has 1 amide bonds. The Labute approximate surface area is 148 Å². The number of hydrogen-bond acceptors (Lipinski definition) is 4. The molecule has 2 aliphatic rings. The van der Waals surface area contributed by atoms with Crippen molar-refractivity contribution in [3.8, 4) is 11.3 Å². The van der Waals surface area contributed by atoms with Gasteiger partial charge in [0, 0.05) is 29.4 Å². The van der Waals surface area contributed by atoms with E-state index in [-0.39, 0.29) is 11.8 Å². The van der Waals surface area contributed by atoms with Gasteiger partial charge in [-0.05, 0) is 43.9 Å². The number of nitrogens with zero attached hydrogens (tertiary/aromatic N) is 2. The van der Waals surface area contributed by atoms with Crippen LogP contribution in [-0.2, 0) is 4.79 Å². The van der Waals surface area contributed by atoms with E-state index in [1.165, 1.54) is 32.1 Å². The standard InChI is InChI=1S/C20H24N4O/c25-19(14-9-10-14)22-17-8-4-5-15(13-17)18-11-12-21-20(24-18)23-16-6-2-1-3-7-16/h4-5,8,11-14,16H,1-3,6-7,9-10H2,(H,22,25)(H,21,23,24). The number of carbonyl (C=O) groups is 1. The zero-order chi connectivity index (χ0) is 17.1. The van der Waals surface area contributed by atoms with Crippen molar-refractivity contribution < 1.29 is 4.79 Å². The molecule has 1 aromatic heterocycles. The van der Waals surface area contributed by atoms with E-state index < -0.39 is 0 Å². The lowest BCUT2D eigenvalue weighted by Gasteiger charge is -2.22. The van der Waals surface area contributed by atoms with Gasteiger partial charge in [-0.1, -0.05) is 31.4 Å². The highest BCUT2D eigenvalue weighted by molar-refractivity contribution is 5.94. The number of nitrogens with one attached hydrogen (secondary N) is 2. The molecule has 1 heterocycles. The molecule has 0 aliphatic heterocycles. The van der Waals surface area contributed by atoms with Crippen molar-refractivity contribution in [2.75, 3.05) is 10.6 Å². The molecular formula is C20H24N4O. The fraction of sp³-hybridized carbons (Fsp3) is 0.450. The van der Waals surface area contributed by atoms with Crippen molar-refractivity contribution in [1.82, 2.24) is 9.97 Å². The fourth-order valence-corrected chi connectivity index (χ4v) is 3.36. The molecule has 0 bridgehead atoms. The summed E-state index contributed by atoms with van der Waals surface area (Å²) in [6, 6.07) is 10.3. The lowest BCUT2D eigenvalue weighted by molar-refractivity contribution is -0.117. The monoisotopic (exact) mass is 336 g/mol. The maximum Gasteiger partial charge on any atom is 0.227 e. The minimum atomic E-state index is 0.125. The van der Waals surface area contributed by atoms with Crippen LogP contribution in [0.2, 0.25) is 0 Å². The molecule has 2 N–H and O–H groups in total. The first kappa shape index (κ1) is 16.1. The average Bonchev–Trinajstić information content (AvgIpc) is 3.48. The first-order valence-electron chi connectivity index (χ1n) is 9.29. The van der Waals surface area contributed by atoms with Crippen LogP contribution in [0.3, 0.4) is 0 Å². The zero-order valence-electron chi connectivity index (χ0n) is 14.4. The molecule has 0 unspecified atom stereocenters. The second-order valence-corrected chi connectivity index (χ2v) is 7.09. The van der Waals surface area contributed by atoms with Crippen molar-refractivity contribution in [2.24, 2.45) is 5.92 Å². The highest BCUT2D eigenvalue weighted by atomic mass is 16.2. The molecule has 25 heavy (non-hydrogen) atoms. The molecule has 2 saturated carbocycles. The van der Waals surface area contributed by atoms with Crippen LogP contribution in [0.25, 0.3) is 11.3 Å². The summed E-state index contributed by atoms with van der Waals surface area (Å²) < 4.78 is 0. The third-order valence-electron chi connectivity index (χ3n) is 4.97. The van der Waals surface area contributed by atoms with E-state index in [1.807, 2.05) is 30.3 Å². The number of rotatable bonds is 5. The van der Waals surface area contributed by atoms with Gasteiger partial charge in [0.15, 0.2) is 0 Å². The minimum Gasteiger partial charge on any atom is -0.351 e. The van der Waals surface area contributed by atoms with Crippen molar-refractivity contribution >= 4 is 17.5 Å². The molecule has 0 saturated heterocycles. The zero-order valence-corrected chi connectivity index (χ0v) is 14.4. The van der Waals surface area contributed by atoms with Crippen LogP contribution in [-0.4, -0.2) is 21.9 Å². The van der Waals surface area contributed by atoms with Gasteiger partial charge in [0.05, 0.1) is 5.69 Å². The molecule has 1 aromatic carbocycles. The maximum atomic E-state index is 12.0. The Morgan fingerprint density at radius 1 is 1.04 bits per heavy atom. The summed E-state index contributed by atoms with van der Waals surface area (Å²) in [5.74, 6) is 1.02. The molecule has 2 aliphatic carbocycles. The maximum absolute atomic E-state index is 12.0. The largest absolute Gasteiger partial charge is 0.351 e. The van der Waals surface area contributed by atoms with E-state index in [0.717, 1.165) is 29.8 Å². The summed E-state index contributed by atoms with van der Waals surface area (Å²) in [6.45, 7) is 0. The van der Waals surface area contributed by atoms with Crippen LogP contribution in [0, 0.1) is 5.92 Å². The van der Waals surface area contributed by atoms with Gasteiger partial charge in [-0.3, -0.25) is 4.79 Å². The predicted molar refractivity (Wildman–Crippen MR) is 99.3 cm³/mol. The predicted octanol–water partition coefficient (Wildman–Crippen LogP) is 4.24. The Hall–Kier alpha value is -2.43. The molecule has 5 nitrogen and oxygen atoms in total. The quantitative estimate of drug-likeness (QED) is 0.857. The van der Waals surface area contributed by atoms with Gasteiger partial charge in [0.2, 0.25) is 11.9 Å². The van der Waals surface area contributed by atoms with E-state index in [1.54, 1.807) is 6.20 Å². The van der Waals surface area contributed by atoms with E-state index in [2.05, 4.69) is 20.6 Å². The Kier molecular flexibility index (Phi) is 4.63. The normalized spacial score (nSPS) is 17.9. The van der Waals surface area contributed by atoms with Crippen LogP contribution in [0.4, 0.5) is 11.6 Å². The number of benzene rings is 1. The van der Waals surface area contributed by atoms with Crippen LogP contribution >= 0.6 is 0 Å². The van der Waals surface area contributed by atoms with E-state index >= 15 is 0 Å². The molecule has 5 heteroatoms. The summed E-state index contributed by atoms with van der Waals surface area (Å²) in [5.41, 5.74) is 2.69. The summed E-state index contributed by atoms with van der Waals surface area (Å²) in [7, 11) is 0. The lowest BCUT2D eigenvalue weighted by atomic mass is 9.96. The van der Waals surface area contributed by atoms with Crippen molar-refractivity contribution in [3.63, 3.8) is 0 Å². The molecule has 130 valence electrons. The third kappa shape index (κ3) is 4.16. The van der Waals surface area contributed by atoms with Crippen LogP contribution < -0.4 is 10.6 Å². The molecule has 0 spiro atoms. The summed E-state index contributed by atoms with van der Waals surface area (Å²) in [5, 5.41) is 6.47. The number of anilines is 2. The van der Waals surface area contributed by atoms with Gasteiger partial charge in [0.25, 0.3) is 0 Å². The third-order valence-corrected chi connectivity index (χ3v) is 4.97. The van der Waals surface area contributed by atoms with Crippen molar-refractivity contribution in [3.05, 3.63) is 36.5 Å². The van der Waals surface area contributed by atoms with Crippen molar-refractivity contribution in [1.29, 1.82) is 0 Å². The van der Waals surface area contributed by atoms with Gasteiger partial charge in [-0.25, -0.2) is 9.97 Å². The summed E-state index contributed by atoms with van der Waals surface area (Å²) >= 11 is 0. The minimum absolute atomic E-state index is 0.125. The smallest absolute Gasteiger partial charge is 0.227 e. The van der Waals surface area contributed by atoms with Gasteiger partial charge in [0.1, 0.15) is 0 Å². The first-order chi connectivity index (χ1) is 12.3. The van der Waals surface area contributed by atoms with Gasteiger partial charge in [-0.15, -0.1) is 0 Å². The Morgan fingerprint density at radius 3 is 2.68 bits per heavy atom. The summed E-state index contributed by atoms with van der Waals surface area (Å²) in [4.78, 5) is 21.0. The lowest BCUT2D eigenvalue weighted by Crippen LogP contribution is -2.23. The number of hydrogen-bond donors (Lipinski definition) is 2. The van der Waals surface area contributed by atoms with Crippen LogP contribution in [0.5, 0.6) is 0 Å². The fourth-order valence-electron chi connectivity index (χ4n) is 3.36. The number of carbonyl (C=O) groups excluding carboxylic acids is 1. The molecular weight excluding hydrogens is 312 g/mol. The van der Waals surface area contributed by atoms with E-state index in [4.69, 9.17) is 0 Å². The molecule has 4 rings (SSSR count). The SMILES string of the molecule is O=C(Nc1cccc(-c2ccnc(NC3CCCCC3)n2)c1)C1CC1. The van der Waals surface area contributed by atoms with E-state index in [9.17, 15) is 4.79 Å². The highest BCUT2D eigenvalue weighted by Gasteiger charge is 2.29. The molecule has 0 atom stereocenters. The van der Waals surface area contributed by atoms with E-state index in [0.29, 0.717) is 12.0 Å². The summed E-state index contributed by atoms with van der Waals surface area (Å²) in [6.07, 6.45) is 10.1. The van der Waals surface area contributed by atoms with Crippen molar-refractivity contribution in [2.45, 2.75) is 51.0 Å². The second kappa shape index (κ2) is 7.21. The molecule has 0 radical (unpaired) electrons. The van der Waals surface area contributed by atoms with Gasteiger partial charge >= 0.3 is 0 Å². The van der Waals surface area contributed by atoms with Gasteiger partial charge < -0.3 is 10.6 Å². The van der Waals surface area contributed by atoms with Gasteiger partial charge in [-0.2, -0.15) is 0 Å². The Bertz CT molecular complexity index is 751. The topological polar surface area (TPSA) is 66.9 Å². The number of aromatic nitrogens is 2. The first-order valence-corrected chi connectivity index (χ1v) is 9.29. The Morgan fingerprint density at radius 2 is 1.88 bits per heavy atom. The number of amides is 1. The molecule has 2 aromatic rings.